The molecule has 0 radical (unpaired) electrons. The van der Waals surface area contributed by atoms with Gasteiger partial charge in [-0.3, -0.25) is 9.78 Å². The van der Waals surface area contributed by atoms with E-state index in [9.17, 15) is 4.79 Å². The van der Waals surface area contributed by atoms with E-state index in [0.29, 0.717) is 6.54 Å². The summed E-state index contributed by atoms with van der Waals surface area (Å²) in [6, 6.07) is 9.34. The van der Waals surface area contributed by atoms with Gasteiger partial charge in [0.2, 0.25) is 5.91 Å². The number of nitrogens with zero attached hydrogens (tertiary/aromatic N) is 1. The standard InChI is InChI=1S/C16H21N3O.2ClH/c1-16(2,3)14(17)15(20)19-10-12-7-4-6-11-8-5-9-18-13(11)12;;/h4-9,14H,10,17H2,1-3H3,(H,19,20);2*1H/t14-;;/m1../s1. The fraction of sp³-hybridized carbons (Fsp3) is 0.375. The maximum absolute atomic E-state index is 12.0. The van der Waals surface area contributed by atoms with Crippen LogP contribution in [0.25, 0.3) is 10.9 Å². The summed E-state index contributed by atoms with van der Waals surface area (Å²) in [4.78, 5) is 16.4. The Kier molecular flexibility index (Phi) is 7.81. The molecule has 1 aromatic carbocycles. The van der Waals surface area contributed by atoms with Crippen LogP contribution >= 0.6 is 24.8 Å². The van der Waals surface area contributed by atoms with Crippen molar-refractivity contribution >= 4 is 41.6 Å². The zero-order valence-corrected chi connectivity index (χ0v) is 14.6. The van der Waals surface area contributed by atoms with Gasteiger partial charge in [-0.1, -0.05) is 45.0 Å². The number of fused-ring (bicyclic) bond motifs is 1. The number of halogens is 2. The molecule has 0 aliphatic rings. The average molecular weight is 344 g/mol. The van der Waals surface area contributed by atoms with Crippen LogP contribution in [0.3, 0.4) is 0 Å². The van der Waals surface area contributed by atoms with Gasteiger partial charge in [-0.05, 0) is 17.0 Å². The van der Waals surface area contributed by atoms with Gasteiger partial charge in [0.05, 0.1) is 11.6 Å². The molecule has 0 aliphatic carbocycles. The fourth-order valence-electron chi connectivity index (χ4n) is 2.00. The van der Waals surface area contributed by atoms with E-state index in [2.05, 4.69) is 10.3 Å². The predicted octanol–water partition coefficient (Wildman–Crippen LogP) is 3.07. The molecular formula is C16H23Cl2N3O. The molecule has 0 saturated carbocycles. The molecule has 1 aromatic heterocycles. The summed E-state index contributed by atoms with van der Waals surface area (Å²) < 4.78 is 0. The molecule has 2 aromatic rings. The second kappa shape index (κ2) is 8.32. The number of nitrogens with two attached hydrogens (primary N) is 1. The Morgan fingerprint density at radius 1 is 1.23 bits per heavy atom. The molecule has 122 valence electrons. The molecular weight excluding hydrogens is 321 g/mol. The second-order valence-corrected chi connectivity index (χ2v) is 6.05. The SMILES string of the molecule is CC(C)(C)[C@H](N)C(=O)NCc1cccc2cccnc12.Cl.Cl. The summed E-state index contributed by atoms with van der Waals surface area (Å²) in [5, 5.41) is 3.96. The number of amides is 1. The van der Waals surface area contributed by atoms with Gasteiger partial charge in [0, 0.05) is 18.1 Å². The van der Waals surface area contributed by atoms with E-state index in [1.165, 1.54) is 0 Å². The van der Waals surface area contributed by atoms with Crippen LogP contribution in [0.15, 0.2) is 36.5 Å². The summed E-state index contributed by atoms with van der Waals surface area (Å²) in [6.07, 6.45) is 1.76. The van der Waals surface area contributed by atoms with Crippen LogP contribution in [0.1, 0.15) is 26.3 Å². The molecule has 22 heavy (non-hydrogen) atoms. The number of carbonyl (C=O) groups excluding carboxylic acids is 1. The minimum absolute atomic E-state index is 0. The van der Waals surface area contributed by atoms with Crippen LogP contribution in [0.2, 0.25) is 0 Å². The van der Waals surface area contributed by atoms with Crippen LogP contribution < -0.4 is 11.1 Å². The lowest BCUT2D eigenvalue weighted by atomic mass is 9.87. The summed E-state index contributed by atoms with van der Waals surface area (Å²) >= 11 is 0. The lowest BCUT2D eigenvalue weighted by Gasteiger charge is -2.25. The molecule has 1 atom stereocenters. The number of hydrogen-bond donors (Lipinski definition) is 2. The van der Waals surface area contributed by atoms with E-state index in [1.807, 2.05) is 51.1 Å². The highest BCUT2D eigenvalue weighted by Gasteiger charge is 2.27. The van der Waals surface area contributed by atoms with E-state index in [4.69, 9.17) is 5.73 Å². The van der Waals surface area contributed by atoms with Gasteiger partial charge < -0.3 is 11.1 Å². The van der Waals surface area contributed by atoms with Crippen LogP contribution in [0.5, 0.6) is 0 Å². The Morgan fingerprint density at radius 2 is 1.86 bits per heavy atom. The molecule has 3 N–H and O–H groups in total. The molecule has 4 nitrogen and oxygen atoms in total. The van der Waals surface area contributed by atoms with E-state index in [0.717, 1.165) is 16.5 Å². The van der Waals surface area contributed by atoms with Crippen molar-refractivity contribution < 1.29 is 4.79 Å². The zero-order valence-electron chi connectivity index (χ0n) is 13.0. The number of para-hydroxylation sites is 1. The van der Waals surface area contributed by atoms with Gasteiger partial charge in [-0.25, -0.2) is 0 Å². The molecule has 1 heterocycles. The largest absolute Gasteiger partial charge is 0.351 e. The molecule has 0 spiro atoms. The Labute approximate surface area is 143 Å². The van der Waals surface area contributed by atoms with Gasteiger partial charge in [-0.15, -0.1) is 24.8 Å². The topological polar surface area (TPSA) is 68.0 Å². The molecule has 0 aliphatic heterocycles. The number of rotatable bonds is 3. The quantitative estimate of drug-likeness (QED) is 0.899. The van der Waals surface area contributed by atoms with Gasteiger partial charge in [-0.2, -0.15) is 0 Å². The van der Waals surface area contributed by atoms with E-state index < -0.39 is 6.04 Å². The molecule has 6 heteroatoms. The lowest BCUT2D eigenvalue weighted by molar-refractivity contribution is -0.124. The normalized spacial score (nSPS) is 12.0. The molecule has 0 fully saturated rings. The Morgan fingerprint density at radius 3 is 2.50 bits per heavy atom. The number of aromatic nitrogens is 1. The van der Waals surface area contributed by atoms with Crippen LogP contribution in [-0.4, -0.2) is 16.9 Å². The molecule has 1 amide bonds. The van der Waals surface area contributed by atoms with Gasteiger partial charge in [0.25, 0.3) is 0 Å². The van der Waals surface area contributed by atoms with Crippen LogP contribution in [0, 0.1) is 5.41 Å². The number of nitrogens with one attached hydrogen (secondary N) is 1. The van der Waals surface area contributed by atoms with Crippen molar-refractivity contribution in [2.75, 3.05) is 0 Å². The first-order chi connectivity index (χ1) is 9.39. The maximum Gasteiger partial charge on any atom is 0.237 e. The van der Waals surface area contributed by atoms with E-state index in [-0.39, 0.29) is 36.1 Å². The number of benzene rings is 1. The van der Waals surface area contributed by atoms with Crippen molar-refractivity contribution in [1.29, 1.82) is 0 Å². The number of hydrogen-bond acceptors (Lipinski definition) is 3. The predicted molar refractivity (Wildman–Crippen MR) is 95.5 cm³/mol. The van der Waals surface area contributed by atoms with E-state index in [1.54, 1.807) is 6.20 Å². The summed E-state index contributed by atoms with van der Waals surface area (Å²) in [5.41, 5.74) is 7.61. The van der Waals surface area contributed by atoms with Crippen molar-refractivity contribution in [3.8, 4) is 0 Å². The van der Waals surface area contributed by atoms with Crippen molar-refractivity contribution in [3.05, 3.63) is 42.1 Å². The summed E-state index contributed by atoms with van der Waals surface area (Å²) in [5.74, 6) is -0.134. The fourth-order valence-corrected chi connectivity index (χ4v) is 2.00. The van der Waals surface area contributed by atoms with Crippen molar-refractivity contribution in [2.45, 2.75) is 33.4 Å². The molecule has 0 saturated heterocycles. The van der Waals surface area contributed by atoms with Crippen LogP contribution in [-0.2, 0) is 11.3 Å². The van der Waals surface area contributed by atoms with Gasteiger partial charge >= 0.3 is 0 Å². The average Bonchev–Trinajstić information content (AvgIpc) is 2.42. The number of carbonyl (C=O) groups is 1. The third kappa shape index (κ3) is 4.83. The van der Waals surface area contributed by atoms with Gasteiger partial charge in [0.15, 0.2) is 0 Å². The highest BCUT2D eigenvalue weighted by molar-refractivity contribution is 5.86. The van der Waals surface area contributed by atoms with Crippen LogP contribution in [0.4, 0.5) is 0 Å². The first kappa shape index (κ1) is 20.6. The minimum atomic E-state index is -0.523. The van der Waals surface area contributed by atoms with Crippen molar-refractivity contribution in [1.82, 2.24) is 10.3 Å². The number of pyridine rings is 1. The highest BCUT2D eigenvalue weighted by atomic mass is 35.5. The van der Waals surface area contributed by atoms with E-state index >= 15 is 0 Å². The Hall–Kier alpha value is -1.36. The smallest absolute Gasteiger partial charge is 0.237 e. The highest BCUT2D eigenvalue weighted by Crippen LogP contribution is 2.18. The first-order valence-electron chi connectivity index (χ1n) is 6.75. The second-order valence-electron chi connectivity index (χ2n) is 6.05. The summed E-state index contributed by atoms with van der Waals surface area (Å²) in [7, 11) is 0. The molecule has 0 unspecified atom stereocenters. The summed E-state index contributed by atoms with van der Waals surface area (Å²) in [6.45, 7) is 6.31. The van der Waals surface area contributed by atoms with Gasteiger partial charge in [0.1, 0.15) is 0 Å². The Balaban J connectivity index is 0.00000220. The zero-order chi connectivity index (χ0) is 14.8. The molecule has 0 bridgehead atoms. The molecule has 2 rings (SSSR count). The maximum atomic E-state index is 12.0. The minimum Gasteiger partial charge on any atom is -0.351 e. The Bertz CT molecular complexity index is 621. The lowest BCUT2D eigenvalue weighted by Crippen LogP contribution is -2.48. The third-order valence-corrected chi connectivity index (χ3v) is 3.38. The third-order valence-electron chi connectivity index (χ3n) is 3.38. The van der Waals surface area contributed by atoms with Crippen molar-refractivity contribution in [2.24, 2.45) is 11.1 Å². The monoisotopic (exact) mass is 343 g/mol. The van der Waals surface area contributed by atoms with Crippen molar-refractivity contribution in [3.63, 3.8) is 0 Å². The first-order valence-corrected chi connectivity index (χ1v) is 6.75.